The van der Waals surface area contributed by atoms with E-state index in [0.717, 1.165) is 0 Å². The number of amides is 1. The van der Waals surface area contributed by atoms with E-state index in [9.17, 15) is 31.2 Å². The van der Waals surface area contributed by atoms with Gasteiger partial charge in [-0.2, -0.15) is 13.2 Å². The number of carboxylic acids is 1. The zero-order valence-electron chi connectivity index (χ0n) is 13.7. The monoisotopic (exact) mass is 390 g/mol. The molecule has 0 aromatic heterocycles. The molecule has 2 N–H and O–H groups in total. The molecule has 25 heavy (non-hydrogen) atoms. The van der Waals surface area contributed by atoms with E-state index in [1.807, 2.05) is 4.72 Å². The second kappa shape index (κ2) is 8.32. The third kappa shape index (κ3) is 6.78. The number of halogens is 3. The van der Waals surface area contributed by atoms with Crippen molar-refractivity contribution in [3.05, 3.63) is 0 Å². The minimum absolute atomic E-state index is 0.0951. The summed E-state index contributed by atoms with van der Waals surface area (Å²) >= 11 is 0. The number of hydrogen-bond donors (Lipinski definition) is 2. The number of carboxylic acid groups (broad SMARTS) is 1. The first-order valence-electron chi connectivity index (χ1n) is 7.49. The van der Waals surface area contributed by atoms with Crippen molar-refractivity contribution in [2.75, 3.05) is 32.0 Å². The lowest BCUT2D eigenvalue weighted by molar-refractivity contribution is -0.188. The molecule has 1 aliphatic heterocycles. The molecule has 1 heterocycles. The van der Waals surface area contributed by atoms with Gasteiger partial charge in [0.15, 0.2) is 0 Å². The third-order valence-corrected chi connectivity index (χ3v) is 4.95. The Morgan fingerprint density at radius 1 is 1.32 bits per heavy atom. The van der Waals surface area contributed by atoms with Crippen LogP contribution in [-0.2, 0) is 24.3 Å². The molecule has 1 rings (SSSR count). The van der Waals surface area contributed by atoms with Crippen LogP contribution < -0.4 is 4.72 Å². The maximum atomic E-state index is 12.9. The number of carbonyl (C=O) groups excluding carboxylic acids is 1. The summed E-state index contributed by atoms with van der Waals surface area (Å²) in [6.45, 7) is 1.18. The van der Waals surface area contributed by atoms with E-state index in [1.54, 1.807) is 13.8 Å². The molecule has 0 aromatic carbocycles. The van der Waals surface area contributed by atoms with E-state index in [1.165, 1.54) is 0 Å². The van der Waals surface area contributed by atoms with Crippen LogP contribution in [0.1, 0.15) is 13.8 Å². The molecule has 0 aliphatic carbocycles. The molecule has 12 heteroatoms. The first-order valence-corrected chi connectivity index (χ1v) is 9.15. The van der Waals surface area contributed by atoms with Crippen LogP contribution in [0.4, 0.5) is 13.2 Å². The highest BCUT2D eigenvalue weighted by Crippen LogP contribution is 2.37. The van der Waals surface area contributed by atoms with Gasteiger partial charge >= 0.3 is 12.1 Å². The van der Waals surface area contributed by atoms with Crippen LogP contribution in [-0.4, -0.2) is 74.6 Å². The lowest BCUT2D eigenvalue weighted by Crippen LogP contribution is -2.41. The van der Waals surface area contributed by atoms with E-state index in [-0.39, 0.29) is 12.7 Å². The minimum Gasteiger partial charge on any atom is -0.481 e. The highest BCUT2D eigenvalue weighted by molar-refractivity contribution is 7.89. The van der Waals surface area contributed by atoms with E-state index in [2.05, 4.69) is 0 Å². The fourth-order valence-electron chi connectivity index (χ4n) is 2.34. The van der Waals surface area contributed by atoms with Gasteiger partial charge in [-0.25, -0.2) is 13.1 Å². The maximum Gasteiger partial charge on any atom is 0.394 e. The Kier molecular flexibility index (Phi) is 7.20. The quantitative estimate of drug-likeness (QED) is 0.606. The van der Waals surface area contributed by atoms with Crippen LogP contribution in [0.15, 0.2) is 0 Å². The van der Waals surface area contributed by atoms with Gasteiger partial charge in [0.1, 0.15) is 0 Å². The van der Waals surface area contributed by atoms with Crippen molar-refractivity contribution in [2.45, 2.75) is 26.1 Å². The zero-order valence-corrected chi connectivity index (χ0v) is 14.6. The van der Waals surface area contributed by atoms with Crippen LogP contribution in [0.25, 0.3) is 0 Å². The first kappa shape index (κ1) is 21.6. The van der Waals surface area contributed by atoms with Gasteiger partial charge < -0.3 is 14.7 Å². The molecule has 0 aromatic rings. The molecule has 1 fully saturated rings. The van der Waals surface area contributed by atoms with Crippen molar-refractivity contribution >= 4 is 21.9 Å². The van der Waals surface area contributed by atoms with Gasteiger partial charge in [0.25, 0.3) is 0 Å². The molecule has 8 nitrogen and oxygen atoms in total. The maximum absolute atomic E-state index is 12.9. The van der Waals surface area contributed by atoms with Gasteiger partial charge in [-0.05, 0) is 13.8 Å². The average Bonchev–Trinajstić information content (AvgIpc) is 2.89. The van der Waals surface area contributed by atoms with E-state index in [4.69, 9.17) is 9.84 Å². The largest absolute Gasteiger partial charge is 0.481 e. The Morgan fingerprint density at radius 3 is 2.36 bits per heavy atom. The SMILES string of the molecule is CC(C)OCCS(=O)(=O)NCC(=O)N1C[C@@H](C(F)(F)F)[C@H](C(=O)O)C1. The summed E-state index contributed by atoms with van der Waals surface area (Å²) in [5.41, 5.74) is 0. The van der Waals surface area contributed by atoms with Gasteiger partial charge in [-0.15, -0.1) is 0 Å². The second-order valence-electron chi connectivity index (χ2n) is 5.95. The Labute approximate surface area is 143 Å². The number of likely N-dealkylation sites (tertiary alicyclic amines) is 1. The van der Waals surface area contributed by atoms with Crippen molar-refractivity contribution in [2.24, 2.45) is 11.8 Å². The summed E-state index contributed by atoms with van der Waals surface area (Å²) in [6.07, 6.45) is -4.93. The predicted octanol–water partition coefficient (Wildman–Crippen LogP) is 0.0523. The molecule has 0 bridgehead atoms. The molecule has 146 valence electrons. The molecule has 2 atom stereocenters. The molecule has 1 amide bonds. The lowest BCUT2D eigenvalue weighted by atomic mass is 9.96. The number of aliphatic carboxylic acids is 1. The normalized spacial score (nSPS) is 21.8. The number of sulfonamides is 1. The van der Waals surface area contributed by atoms with Crippen molar-refractivity contribution in [3.8, 4) is 0 Å². The Morgan fingerprint density at radius 2 is 1.92 bits per heavy atom. The van der Waals surface area contributed by atoms with Crippen LogP contribution in [0.2, 0.25) is 0 Å². The average molecular weight is 390 g/mol. The molecule has 0 radical (unpaired) electrons. The minimum atomic E-state index is -4.76. The molecular formula is C13H21F3N2O6S. The van der Waals surface area contributed by atoms with E-state index < -0.39 is 65.3 Å². The second-order valence-corrected chi connectivity index (χ2v) is 7.88. The summed E-state index contributed by atoms with van der Waals surface area (Å²) in [6, 6.07) is 0. The zero-order chi connectivity index (χ0) is 19.4. The van der Waals surface area contributed by atoms with Gasteiger partial charge in [0.2, 0.25) is 15.9 Å². The first-order chi connectivity index (χ1) is 11.3. The molecule has 0 unspecified atom stereocenters. The number of carbonyl (C=O) groups is 2. The summed E-state index contributed by atoms with van der Waals surface area (Å²) in [5.74, 6) is -6.90. The van der Waals surface area contributed by atoms with E-state index >= 15 is 0 Å². The standard InChI is InChI=1S/C13H21F3N2O6S/c1-8(2)24-3-4-25(22,23)17-5-11(19)18-6-9(12(20)21)10(7-18)13(14,15)16/h8-10,17H,3-7H2,1-2H3,(H,20,21)/t9-,10-/m1/s1. The third-order valence-electron chi connectivity index (χ3n) is 3.66. The molecule has 0 saturated carbocycles. The number of rotatable bonds is 8. The smallest absolute Gasteiger partial charge is 0.394 e. The van der Waals surface area contributed by atoms with Gasteiger partial charge in [-0.3, -0.25) is 9.59 Å². The summed E-state index contributed by atoms with van der Waals surface area (Å²) < 4.78 is 69.0. The summed E-state index contributed by atoms with van der Waals surface area (Å²) in [4.78, 5) is 23.6. The predicted molar refractivity (Wildman–Crippen MR) is 80.1 cm³/mol. The van der Waals surface area contributed by atoms with Crippen molar-refractivity contribution in [1.29, 1.82) is 0 Å². The Hall–Kier alpha value is -1.40. The Bertz CT molecular complexity index is 593. The topological polar surface area (TPSA) is 113 Å². The lowest BCUT2D eigenvalue weighted by Gasteiger charge is -2.18. The molecular weight excluding hydrogens is 369 g/mol. The van der Waals surface area contributed by atoms with Crippen molar-refractivity contribution < 1.29 is 41.0 Å². The van der Waals surface area contributed by atoms with Crippen LogP contribution in [0, 0.1) is 11.8 Å². The van der Waals surface area contributed by atoms with Crippen LogP contribution >= 0.6 is 0 Å². The summed E-state index contributed by atoms with van der Waals surface area (Å²) in [7, 11) is -3.83. The highest BCUT2D eigenvalue weighted by atomic mass is 32.2. The highest BCUT2D eigenvalue weighted by Gasteiger charge is 2.53. The molecule has 0 spiro atoms. The number of hydrogen-bond acceptors (Lipinski definition) is 5. The molecule has 1 aliphatic rings. The van der Waals surface area contributed by atoms with Crippen molar-refractivity contribution in [3.63, 3.8) is 0 Å². The molecule has 1 saturated heterocycles. The van der Waals surface area contributed by atoms with Crippen LogP contribution in [0.5, 0.6) is 0 Å². The van der Waals surface area contributed by atoms with Crippen molar-refractivity contribution in [1.82, 2.24) is 9.62 Å². The summed E-state index contributed by atoms with van der Waals surface area (Å²) in [5, 5.41) is 8.88. The number of nitrogens with zero attached hydrogens (tertiary/aromatic N) is 1. The van der Waals surface area contributed by atoms with Gasteiger partial charge in [0, 0.05) is 13.1 Å². The van der Waals surface area contributed by atoms with Gasteiger partial charge in [0.05, 0.1) is 36.8 Å². The van der Waals surface area contributed by atoms with Crippen LogP contribution in [0.3, 0.4) is 0 Å². The Balaban J connectivity index is 2.59. The number of ether oxygens (including phenoxy) is 1. The number of alkyl halides is 3. The fraction of sp³-hybridized carbons (Fsp3) is 0.846. The number of nitrogens with one attached hydrogen (secondary N) is 1. The van der Waals surface area contributed by atoms with E-state index in [0.29, 0.717) is 4.90 Å². The van der Waals surface area contributed by atoms with Gasteiger partial charge in [-0.1, -0.05) is 0 Å². The fourth-order valence-corrected chi connectivity index (χ4v) is 3.14.